The monoisotopic (exact) mass is 959 g/mol. The number of aromatic hydroxyl groups is 1. The van der Waals surface area contributed by atoms with E-state index in [1.807, 2.05) is 85.3 Å². The number of aromatic nitrogens is 3. The summed E-state index contributed by atoms with van der Waals surface area (Å²) < 4.78 is 53.9. The van der Waals surface area contributed by atoms with E-state index < -0.39 is 13.7 Å². The van der Waals surface area contributed by atoms with Crippen molar-refractivity contribution in [3.8, 4) is 67.5 Å². The Kier molecular flexibility index (Phi) is 9.65. The summed E-state index contributed by atoms with van der Waals surface area (Å²) in [5.74, 6) is 0.533. The van der Waals surface area contributed by atoms with Gasteiger partial charge in [-0.15, -0.1) is 29.3 Å². The Labute approximate surface area is 372 Å². The zero-order valence-electron chi connectivity index (χ0n) is 40.5. The topological polar surface area (TPSA) is 50.9 Å². The molecule has 300 valence electrons. The largest absolute Gasteiger partial charge is 0.507 e. The van der Waals surface area contributed by atoms with Gasteiger partial charge in [0.25, 0.3) is 0 Å². The van der Waals surface area contributed by atoms with Gasteiger partial charge in [0.15, 0.2) is 0 Å². The maximum absolute atomic E-state index is 12.2. The van der Waals surface area contributed by atoms with Crippen LogP contribution in [-0.2, 0) is 26.5 Å². The Morgan fingerprint density at radius 2 is 1.39 bits per heavy atom. The van der Waals surface area contributed by atoms with Gasteiger partial charge in [0, 0.05) is 46.9 Å². The van der Waals surface area contributed by atoms with Crippen molar-refractivity contribution < 1.29 is 34.4 Å². The molecule has 0 fully saturated rings. The first kappa shape index (κ1) is 34.3. The molecule has 0 aliphatic rings. The Bertz CT molecular complexity index is 3020. The summed E-state index contributed by atoms with van der Waals surface area (Å²) in [5, 5.41) is 12.2. The van der Waals surface area contributed by atoms with Crippen LogP contribution in [0.1, 0.15) is 96.3 Å². The second-order valence-electron chi connectivity index (χ2n) is 16.8. The van der Waals surface area contributed by atoms with Crippen LogP contribution in [0.2, 0.25) is 0 Å². The van der Waals surface area contributed by atoms with Crippen LogP contribution in [0, 0.1) is 19.8 Å². The molecule has 59 heavy (non-hydrogen) atoms. The van der Waals surface area contributed by atoms with Gasteiger partial charge in [0.05, 0.1) is 16.6 Å². The van der Waals surface area contributed by atoms with E-state index in [0.717, 1.165) is 50.2 Å². The molecule has 8 aromatic rings. The zero-order chi connectivity index (χ0) is 45.9. The van der Waals surface area contributed by atoms with Crippen molar-refractivity contribution in [3.63, 3.8) is 0 Å². The van der Waals surface area contributed by atoms with Gasteiger partial charge in [-0.25, -0.2) is 4.98 Å². The number of benzene rings is 6. The van der Waals surface area contributed by atoms with E-state index >= 15 is 0 Å². The van der Waals surface area contributed by atoms with Crippen LogP contribution in [0.5, 0.6) is 5.75 Å². The van der Waals surface area contributed by atoms with E-state index in [0.29, 0.717) is 33.7 Å². The standard InChI is InChI=1S/C54H52N3O.Pt/c1-33(2)40-29-46(34(3)4)52(58)48(30-40)53-56-51-45(21-16-22-50(51)57(53)44-25-35(5)36(6)47(32-44)38-19-14-11-15-20-38)41-26-42(28-43(27-41)54(7,8)9)49-31-39(23-24-55-49)37-17-12-10-13-18-37;/h10-25,27-34,58H,1-9H3;/q-1;/i5D3,6D3;. The SMILES string of the molecule is [2H]C([2H])([2H])c1cc(-n2c(-c3cc(C(C)C)cc(C(C)C)c3O)nc3c(-c4[c-]c(-c5cc(-c6ccccc6)ccn5)cc(C(C)(C)C)c4)cccc32)cc(-c2ccccc2)c1C([2H])([2H])[2H].[Pt]. The molecule has 5 heteroatoms. The maximum atomic E-state index is 12.2. The van der Waals surface area contributed by atoms with Crippen LogP contribution in [0.4, 0.5) is 0 Å². The molecule has 0 saturated heterocycles. The molecular formula is C54H52N3OPt-. The number of phenols is 1. The fourth-order valence-corrected chi connectivity index (χ4v) is 7.66. The number of pyridine rings is 1. The van der Waals surface area contributed by atoms with Crippen molar-refractivity contribution in [3.05, 3.63) is 167 Å². The molecule has 0 spiro atoms. The zero-order valence-corrected chi connectivity index (χ0v) is 36.7. The number of imidazole rings is 1. The Balaban J connectivity index is 0.00000630. The molecule has 6 aromatic carbocycles. The third-order valence-electron chi connectivity index (χ3n) is 11.0. The Hall–Kier alpha value is -5.57. The predicted octanol–water partition coefficient (Wildman–Crippen LogP) is 14.4. The van der Waals surface area contributed by atoms with Gasteiger partial charge in [0.2, 0.25) is 0 Å². The predicted molar refractivity (Wildman–Crippen MR) is 243 cm³/mol. The Morgan fingerprint density at radius 1 is 0.678 bits per heavy atom. The van der Waals surface area contributed by atoms with Gasteiger partial charge in [-0.2, -0.15) is 0 Å². The molecule has 0 amide bonds. The minimum absolute atomic E-state index is 0. The molecule has 0 aliphatic carbocycles. The van der Waals surface area contributed by atoms with Crippen LogP contribution < -0.4 is 0 Å². The summed E-state index contributed by atoms with van der Waals surface area (Å²) in [4.78, 5) is 10.3. The van der Waals surface area contributed by atoms with Gasteiger partial charge in [-0.1, -0.05) is 145 Å². The quantitative estimate of drug-likeness (QED) is 0.154. The Morgan fingerprint density at radius 3 is 2.05 bits per heavy atom. The summed E-state index contributed by atoms with van der Waals surface area (Å²) in [6.45, 7) is 9.24. The number of hydrogen-bond donors (Lipinski definition) is 1. The number of rotatable bonds is 8. The van der Waals surface area contributed by atoms with E-state index in [9.17, 15) is 5.11 Å². The number of aryl methyl sites for hydroxylation is 1. The summed E-state index contributed by atoms with van der Waals surface area (Å²) >= 11 is 0. The van der Waals surface area contributed by atoms with Crippen LogP contribution in [0.25, 0.3) is 72.7 Å². The molecule has 2 aromatic heterocycles. The molecule has 2 heterocycles. The van der Waals surface area contributed by atoms with Crippen molar-refractivity contribution in [2.24, 2.45) is 0 Å². The third kappa shape index (κ3) is 8.08. The average molecular weight is 960 g/mol. The molecule has 0 atom stereocenters. The number of hydrogen-bond acceptors (Lipinski definition) is 3. The minimum Gasteiger partial charge on any atom is -0.507 e. The summed E-state index contributed by atoms with van der Waals surface area (Å²) in [5.41, 5.74) is 10.2. The van der Waals surface area contributed by atoms with Gasteiger partial charge >= 0.3 is 0 Å². The van der Waals surface area contributed by atoms with Crippen LogP contribution in [0.3, 0.4) is 0 Å². The van der Waals surface area contributed by atoms with Gasteiger partial charge in [-0.3, -0.25) is 9.55 Å². The molecule has 1 N–H and O–H groups in total. The first-order chi connectivity index (χ1) is 30.2. The van der Waals surface area contributed by atoms with Gasteiger partial charge in [-0.05, 0) is 106 Å². The normalized spacial score (nSPS) is 13.6. The average Bonchev–Trinajstić information content (AvgIpc) is 3.65. The second-order valence-corrected chi connectivity index (χ2v) is 16.8. The first-order valence-corrected chi connectivity index (χ1v) is 19.9. The third-order valence-corrected chi connectivity index (χ3v) is 11.0. The molecule has 8 rings (SSSR count). The number of para-hydroxylation sites is 1. The van der Waals surface area contributed by atoms with Crippen molar-refractivity contribution in [1.82, 2.24) is 14.5 Å². The number of phenolic OH excluding ortho intramolecular Hbond substituents is 1. The van der Waals surface area contributed by atoms with Crippen molar-refractivity contribution >= 4 is 11.0 Å². The smallest absolute Gasteiger partial charge is 0.148 e. The summed E-state index contributed by atoms with van der Waals surface area (Å²) in [6.07, 6.45) is 1.82. The van der Waals surface area contributed by atoms with E-state index in [2.05, 4.69) is 71.0 Å². The van der Waals surface area contributed by atoms with Crippen molar-refractivity contribution in [2.45, 2.75) is 79.4 Å². The first-order valence-electron chi connectivity index (χ1n) is 22.9. The maximum Gasteiger partial charge on any atom is 0.148 e. The molecule has 0 aliphatic heterocycles. The van der Waals surface area contributed by atoms with Crippen LogP contribution >= 0.6 is 0 Å². The summed E-state index contributed by atoms with van der Waals surface area (Å²) in [6, 6.07) is 44.3. The van der Waals surface area contributed by atoms with E-state index in [1.54, 1.807) is 30.3 Å². The van der Waals surface area contributed by atoms with E-state index in [1.165, 1.54) is 6.07 Å². The van der Waals surface area contributed by atoms with Crippen LogP contribution in [-0.4, -0.2) is 19.6 Å². The molecule has 0 radical (unpaired) electrons. The molecule has 0 bridgehead atoms. The number of fused-ring (bicyclic) bond motifs is 1. The molecular weight excluding hydrogens is 902 g/mol. The molecule has 4 nitrogen and oxygen atoms in total. The van der Waals surface area contributed by atoms with Crippen molar-refractivity contribution in [2.75, 3.05) is 0 Å². The van der Waals surface area contributed by atoms with E-state index in [-0.39, 0.29) is 60.8 Å². The van der Waals surface area contributed by atoms with E-state index in [4.69, 9.17) is 18.2 Å². The second kappa shape index (κ2) is 16.6. The minimum atomic E-state index is -2.79. The van der Waals surface area contributed by atoms with Crippen molar-refractivity contribution in [1.29, 1.82) is 0 Å². The fourth-order valence-electron chi connectivity index (χ4n) is 7.66. The molecule has 0 saturated carbocycles. The summed E-state index contributed by atoms with van der Waals surface area (Å²) in [7, 11) is 0. The van der Waals surface area contributed by atoms with Crippen LogP contribution in [0.15, 0.2) is 134 Å². The molecule has 0 unspecified atom stereocenters. The van der Waals surface area contributed by atoms with Gasteiger partial charge < -0.3 is 5.11 Å². The fraction of sp³-hybridized carbons (Fsp3) is 0.222. The number of nitrogens with zero attached hydrogens (tertiary/aromatic N) is 3. The van der Waals surface area contributed by atoms with Gasteiger partial charge in [0.1, 0.15) is 11.6 Å².